The lowest BCUT2D eigenvalue weighted by Gasteiger charge is -2.07. The van der Waals surface area contributed by atoms with Gasteiger partial charge in [0.15, 0.2) is 0 Å². The molecular formula is C9H12F3NOS. The fourth-order valence-electron chi connectivity index (χ4n) is 0.986. The van der Waals surface area contributed by atoms with E-state index in [2.05, 4.69) is 5.32 Å². The van der Waals surface area contributed by atoms with E-state index in [-0.39, 0.29) is 0 Å². The summed E-state index contributed by atoms with van der Waals surface area (Å²) in [6, 6.07) is 1.81. The Bertz CT molecular complexity index is 298. The number of halogens is 3. The molecule has 1 N–H and O–H groups in total. The lowest BCUT2D eigenvalue weighted by atomic mass is 10.5. The minimum Gasteiger partial charge on any atom is -0.468 e. The molecular weight excluding hydrogens is 227 g/mol. The molecule has 15 heavy (non-hydrogen) atoms. The Hall–Kier alpha value is -0.620. The largest absolute Gasteiger partial charge is 0.468 e. The highest BCUT2D eigenvalue weighted by atomic mass is 32.2. The second-order valence-corrected chi connectivity index (χ2v) is 4.12. The van der Waals surface area contributed by atoms with E-state index in [1.165, 1.54) is 11.8 Å². The molecule has 0 bridgehead atoms. The molecule has 1 rings (SSSR count). The van der Waals surface area contributed by atoms with Crippen molar-refractivity contribution < 1.29 is 17.6 Å². The maximum absolute atomic E-state index is 11.7. The topological polar surface area (TPSA) is 25.2 Å². The summed E-state index contributed by atoms with van der Waals surface area (Å²) >= 11 is 1.48. The summed E-state index contributed by atoms with van der Waals surface area (Å²) in [5, 5.41) is 2.33. The van der Waals surface area contributed by atoms with Crippen LogP contribution in [-0.4, -0.2) is 25.0 Å². The van der Waals surface area contributed by atoms with Crippen LogP contribution in [0.1, 0.15) is 5.76 Å². The zero-order valence-corrected chi connectivity index (χ0v) is 9.04. The minimum atomic E-state index is -4.13. The van der Waals surface area contributed by atoms with Crippen molar-refractivity contribution in [3.05, 3.63) is 18.1 Å². The van der Waals surface area contributed by atoms with Gasteiger partial charge in [-0.15, -0.1) is 11.8 Å². The number of thioether (sulfide) groups is 1. The second kappa shape index (κ2) is 5.46. The highest BCUT2D eigenvalue weighted by Crippen LogP contribution is 2.22. The van der Waals surface area contributed by atoms with Crippen molar-refractivity contribution in [2.75, 3.05) is 18.8 Å². The van der Waals surface area contributed by atoms with Gasteiger partial charge in [-0.25, -0.2) is 0 Å². The van der Waals surface area contributed by atoms with Crippen molar-refractivity contribution in [3.8, 4) is 0 Å². The van der Waals surface area contributed by atoms with E-state index in [9.17, 15) is 13.2 Å². The van der Waals surface area contributed by atoms with Crippen LogP contribution in [0.25, 0.3) is 0 Å². The first-order valence-electron chi connectivity index (χ1n) is 4.43. The van der Waals surface area contributed by atoms with E-state index >= 15 is 0 Å². The van der Waals surface area contributed by atoms with Gasteiger partial charge in [0.25, 0.3) is 0 Å². The molecule has 1 aromatic heterocycles. The number of furan rings is 1. The van der Waals surface area contributed by atoms with Gasteiger partial charge in [0.05, 0.1) is 12.8 Å². The van der Waals surface area contributed by atoms with E-state index in [1.54, 1.807) is 6.26 Å². The lowest BCUT2D eigenvalue weighted by Crippen LogP contribution is -2.30. The van der Waals surface area contributed by atoms with Crippen LogP contribution in [0.5, 0.6) is 0 Å². The van der Waals surface area contributed by atoms with Crippen LogP contribution in [0.4, 0.5) is 13.2 Å². The monoisotopic (exact) mass is 239 g/mol. The number of hydrogen-bond acceptors (Lipinski definition) is 3. The Morgan fingerprint density at radius 3 is 2.73 bits per heavy atom. The van der Waals surface area contributed by atoms with Crippen LogP contribution >= 0.6 is 11.8 Å². The molecule has 6 heteroatoms. The van der Waals surface area contributed by atoms with Gasteiger partial charge in [-0.3, -0.25) is 0 Å². The summed E-state index contributed by atoms with van der Waals surface area (Å²) in [6.45, 7) is 1.22. The predicted octanol–water partition coefficient (Wildman–Crippen LogP) is 2.83. The van der Waals surface area contributed by atoms with E-state index in [0.717, 1.165) is 10.7 Å². The standard InChI is InChI=1S/C9H12F3NOS/c1-7-8(2-4-14-7)15-5-3-13-6-9(10,11)12/h2,4,13H,3,5-6H2,1H3. The first-order valence-corrected chi connectivity index (χ1v) is 5.42. The van der Waals surface area contributed by atoms with Crippen LogP contribution in [0.2, 0.25) is 0 Å². The van der Waals surface area contributed by atoms with Crippen LogP contribution in [-0.2, 0) is 0 Å². The van der Waals surface area contributed by atoms with Gasteiger partial charge < -0.3 is 9.73 Å². The smallest absolute Gasteiger partial charge is 0.401 e. The Morgan fingerprint density at radius 1 is 1.47 bits per heavy atom. The van der Waals surface area contributed by atoms with Crippen LogP contribution in [0, 0.1) is 6.92 Å². The van der Waals surface area contributed by atoms with Gasteiger partial charge >= 0.3 is 6.18 Å². The molecule has 0 unspecified atom stereocenters. The number of aryl methyl sites for hydroxylation is 1. The molecule has 0 aliphatic carbocycles. The van der Waals surface area contributed by atoms with E-state index in [1.807, 2.05) is 13.0 Å². The zero-order chi connectivity index (χ0) is 11.3. The van der Waals surface area contributed by atoms with Gasteiger partial charge in [-0.2, -0.15) is 13.2 Å². The molecule has 0 saturated carbocycles. The summed E-state index contributed by atoms with van der Waals surface area (Å²) in [7, 11) is 0. The highest BCUT2D eigenvalue weighted by molar-refractivity contribution is 7.99. The number of alkyl halides is 3. The molecule has 0 radical (unpaired) electrons. The van der Waals surface area contributed by atoms with E-state index in [0.29, 0.717) is 12.3 Å². The maximum atomic E-state index is 11.7. The van der Waals surface area contributed by atoms with Crippen LogP contribution in [0.3, 0.4) is 0 Å². The SMILES string of the molecule is Cc1occc1SCCNCC(F)(F)F. The summed E-state index contributed by atoms with van der Waals surface area (Å²) in [6.07, 6.45) is -2.56. The summed E-state index contributed by atoms with van der Waals surface area (Å²) < 4.78 is 40.3. The number of rotatable bonds is 5. The Labute approximate surface area is 90.2 Å². The first-order chi connectivity index (χ1) is 6.99. The van der Waals surface area contributed by atoms with Gasteiger partial charge in [0, 0.05) is 17.2 Å². The third-order valence-corrected chi connectivity index (χ3v) is 2.82. The van der Waals surface area contributed by atoms with Gasteiger partial charge in [-0.1, -0.05) is 0 Å². The van der Waals surface area contributed by atoms with Crippen molar-refractivity contribution in [2.24, 2.45) is 0 Å². The Morgan fingerprint density at radius 2 is 2.20 bits per heavy atom. The molecule has 0 aliphatic rings. The van der Waals surface area contributed by atoms with E-state index < -0.39 is 12.7 Å². The molecule has 0 spiro atoms. The van der Waals surface area contributed by atoms with Crippen molar-refractivity contribution in [1.82, 2.24) is 5.32 Å². The van der Waals surface area contributed by atoms with Crippen molar-refractivity contribution >= 4 is 11.8 Å². The normalized spacial score (nSPS) is 12.0. The van der Waals surface area contributed by atoms with Crippen molar-refractivity contribution in [1.29, 1.82) is 0 Å². The molecule has 0 aromatic carbocycles. The summed E-state index contributed by atoms with van der Waals surface area (Å²) in [5.41, 5.74) is 0. The molecule has 0 amide bonds. The molecule has 2 nitrogen and oxygen atoms in total. The molecule has 0 atom stereocenters. The fourth-order valence-corrected chi connectivity index (χ4v) is 1.86. The highest BCUT2D eigenvalue weighted by Gasteiger charge is 2.25. The third-order valence-electron chi connectivity index (χ3n) is 1.67. The Balaban J connectivity index is 2.10. The van der Waals surface area contributed by atoms with E-state index in [4.69, 9.17) is 4.42 Å². The number of hydrogen-bond donors (Lipinski definition) is 1. The van der Waals surface area contributed by atoms with Crippen molar-refractivity contribution in [3.63, 3.8) is 0 Å². The zero-order valence-electron chi connectivity index (χ0n) is 8.23. The molecule has 0 saturated heterocycles. The molecule has 86 valence electrons. The fraction of sp³-hybridized carbons (Fsp3) is 0.556. The van der Waals surface area contributed by atoms with Gasteiger partial charge in [-0.05, 0) is 13.0 Å². The average Bonchev–Trinajstić information content (AvgIpc) is 2.49. The predicted molar refractivity (Wildman–Crippen MR) is 53.1 cm³/mol. The summed E-state index contributed by atoms with van der Waals surface area (Å²) in [5.74, 6) is 1.40. The number of nitrogens with one attached hydrogen (secondary N) is 1. The lowest BCUT2D eigenvalue weighted by molar-refractivity contribution is -0.124. The average molecular weight is 239 g/mol. The molecule has 1 heterocycles. The first kappa shape index (κ1) is 12.4. The summed E-state index contributed by atoms with van der Waals surface area (Å²) in [4.78, 5) is 0.976. The molecule has 0 aliphatic heterocycles. The third kappa shape index (κ3) is 5.13. The quantitative estimate of drug-likeness (QED) is 0.632. The minimum absolute atomic E-state index is 0.328. The molecule has 1 aromatic rings. The van der Waals surface area contributed by atoms with Crippen molar-refractivity contribution in [2.45, 2.75) is 18.0 Å². The maximum Gasteiger partial charge on any atom is 0.401 e. The van der Waals surface area contributed by atoms with Gasteiger partial charge in [0.2, 0.25) is 0 Å². The van der Waals surface area contributed by atoms with Crippen LogP contribution < -0.4 is 5.32 Å². The van der Waals surface area contributed by atoms with Gasteiger partial charge in [0.1, 0.15) is 5.76 Å². The Kier molecular flexibility index (Phi) is 4.53. The van der Waals surface area contributed by atoms with Crippen LogP contribution in [0.15, 0.2) is 21.6 Å². The second-order valence-electron chi connectivity index (χ2n) is 2.98. The molecule has 0 fully saturated rings.